The smallest absolute Gasteiger partial charge is 0.287 e. The number of nitro benzene ring substituents is 1. The number of benzene rings is 1. The molecule has 4 aromatic rings. The molecule has 2 N–H and O–H groups in total. The summed E-state index contributed by atoms with van der Waals surface area (Å²) in [6, 6.07) is 12.7. The summed E-state index contributed by atoms with van der Waals surface area (Å²) in [7, 11) is 0. The Hall–Kier alpha value is -4.14. The number of hydrogen-bond acceptors (Lipinski definition) is 6. The van der Waals surface area contributed by atoms with Gasteiger partial charge in [-0.3, -0.25) is 14.9 Å². The molecular weight excluding hydrogens is 352 g/mol. The van der Waals surface area contributed by atoms with Gasteiger partial charge in [-0.05, 0) is 24.3 Å². The molecule has 1 amide bonds. The number of carbonyl (C=O) groups excluding carboxylic acids is 1. The number of amides is 1. The molecule has 27 heavy (non-hydrogen) atoms. The molecule has 0 bridgehead atoms. The van der Waals surface area contributed by atoms with Crippen LogP contribution in [0, 0.1) is 10.1 Å². The lowest BCUT2D eigenvalue weighted by Crippen LogP contribution is -2.17. The second-order valence-electron chi connectivity index (χ2n) is 5.59. The Morgan fingerprint density at radius 2 is 2.00 bits per heavy atom. The maximum atomic E-state index is 12.0. The molecule has 0 unspecified atom stereocenters. The number of hydrazone groups is 1. The Morgan fingerprint density at radius 3 is 2.74 bits per heavy atom. The van der Waals surface area contributed by atoms with Crippen LogP contribution in [0.25, 0.3) is 22.4 Å². The zero-order valence-electron chi connectivity index (χ0n) is 13.7. The topological polar surface area (TPSA) is 127 Å². The monoisotopic (exact) mass is 364 g/mol. The fraction of sp³-hybridized carbons (Fsp3) is 0. The summed E-state index contributed by atoms with van der Waals surface area (Å²) in [4.78, 5) is 25.2. The van der Waals surface area contributed by atoms with Crippen molar-refractivity contribution in [1.82, 2.24) is 10.4 Å². The van der Waals surface area contributed by atoms with E-state index in [1.165, 1.54) is 24.6 Å². The Morgan fingerprint density at radius 1 is 1.19 bits per heavy atom. The number of nitrogens with zero attached hydrogens (tertiary/aromatic N) is 2. The predicted molar refractivity (Wildman–Crippen MR) is 96.4 cm³/mol. The minimum Gasteiger partial charge on any atom is -0.463 e. The Bertz CT molecular complexity index is 1120. The molecule has 0 aliphatic rings. The standard InChI is InChI=1S/C18H12N4O5/c23-18(15-9-17-14(20-15)7-8-26-17)21-19-10-13-5-6-16(27-13)11-1-3-12(4-2-11)22(24)25/h1-10,20H,(H,21,23). The normalized spacial score (nSPS) is 11.3. The van der Waals surface area contributed by atoms with E-state index in [9.17, 15) is 14.9 Å². The highest BCUT2D eigenvalue weighted by Gasteiger charge is 2.11. The third-order valence-electron chi connectivity index (χ3n) is 3.83. The highest BCUT2D eigenvalue weighted by atomic mass is 16.6. The number of carbonyl (C=O) groups is 1. The SMILES string of the molecule is O=C(NN=Cc1ccc(-c2ccc([N+](=O)[O-])cc2)o1)c1cc2occc2[nH]1. The molecule has 3 aromatic heterocycles. The molecule has 0 aliphatic heterocycles. The summed E-state index contributed by atoms with van der Waals surface area (Å²) < 4.78 is 10.8. The van der Waals surface area contributed by atoms with Gasteiger partial charge in [-0.25, -0.2) is 5.43 Å². The van der Waals surface area contributed by atoms with Crippen LogP contribution in [0.5, 0.6) is 0 Å². The number of furan rings is 2. The van der Waals surface area contributed by atoms with Crippen LogP contribution >= 0.6 is 0 Å². The number of nitrogens with one attached hydrogen (secondary N) is 2. The number of aromatic nitrogens is 1. The Balaban J connectivity index is 1.41. The van der Waals surface area contributed by atoms with Gasteiger partial charge in [0.25, 0.3) is 11.6 Å². The summed E-state index contributed by atoms with van der Waals surface area (Å²) in [5.74, 6) is 0.533. The fourth-order valence-electron chi connectivity index (χ4n) is 2.51. The van der Waals surface area contributed by atoms with Gasteiger partial charge in [0.15, 0.2) is 5.58 Å². The molecule has 0 radical (unpaired) electrons. The molecule has 9 heteroatoms. The van der Waals surface area contributed by atoms with Crippen molar-refractivity contribution in [2.75, 3.05) is 0 Å². The molecular formula is C18H12N4O5. The van der Waals surface area contributed by atoms with Crippen molar-refractivity contribution >= 4 is 28.9 Å². The molecule has 0 aliphatic carbocycles. The van der Waals surface area contributed by atoms with E-state index >= 15 is 0 Å². The number of aromatic amines is 1. The third-order valence-corrected chi connectivity index (χ3v) is 3.83. The van der Waals surface area contributed by atoms with Gasteiger partial charge < -0.3 is 13.8 Å². The first kappa shape index (κ1) is 16.3. The van der Waals surface area contributed by atoms with Crippen LogP contribution in [0.2, 0.25) is 0 Å². The van der Waals surface area contributed by atoms with Crippen LogP contribution in [0.3, 0.4) is 0 Å². The second-order valence-corrected chi connectivity index (χ2v) is 5.59. The van der Waals surface area contributed by atoms with Crippen LogP contribution in [0.1, 0.15) is 16.2 Å². The maximum Gasteiger partial charge on any atom is 0.287 e. The van der Waals surface area contributed by atoms with E-state index in [1.807, 2.05) is 0 Å². The minimum atomic E-state index is -0.464. The van der Waals surface area contributed by atoms with E-state index in [-0.39, 0.29) is 5.69 Å². The van der Waals surface area contributed by atoms with Crippen LogP contribution in [0.15, 0.2) is 68.7 Å². The zero-order valence-corrected chi connectivity index (χ0v) is 13.7. The molecule has 1 aromatic carbocycles. The molecule has 0 atom stereocenters. The van der Waals surface area contributed by atoms with Gasteiger partial charge in [0, 0.05) is 29.8 Å². The number of hydrogen-bond donors (Lipinski definition) is 2. The number of nitro groups is 1. The number of fused-ring (bicyclic) bond motifs is 1. The van der Waals surface area contributed by atoms with Crippen molar-refractivity contribution in [3.63, 3.8) is 0 Å². The van der Waals surface area contributed by atoms with Crippen molar-refractivity contribution < 1.29 is 18.6 Å². The lowest BCUT2D eigenvalue weighted by atomic mass is 10.1. The van der Waals surface area contributed by atoms with E-state index in [1.54, 1.807) is 36.4 Å². The summed E-state index contributed by atoms with van der Waals surface area (Å²) >= 11 is 0. The minimum absolute atomic E-state index is 0.00554. The van der Waals surface area contributed by atoms with E-state index in [0.717, 1.165) is 5.52 Å². The largest absolute Gasteiger partial charge is 0.463 e. The third kappa shape index (κ3) is 3.33. The van der Waals surface area contributed by atoms with Crippen molar-refractivity contribution in [2.24, 2.45) is 5.10 Å². The molecule has 0 saturated carbocycles. The van der Waals surface area contributed by atoms with Crippen molar-refractivity contribution in [1.29, 1.82) is 0 Å². The van der Waals surface area contributed by atoms with Crippen molar-refractivity contribution in [3.8, 4) is 11.3 Å². The molecule has 3 heterocycles. The van der Waals surface area contributed by atoms with E-state index in [0.29, 0.717) is 28.4 Å². The van der Waals surface area contributed by atoms with Crippen molar-refractivity contribution in [2.45, 2.75) is 0 Å². The number of H-pyrrole nitrogens is 1. The number of non-ortho nitro benzene ring substituents is 1. The highest BCUT2D eigenvalue weighted by molar-refractivity contribution is 5.97. The highest BCUT2D eigenvalue weighted by Crippen LogP contribution is 2.24. The van der Waals surface area contributed by atoms with E-state index < -0.39 is 10.8 Å². The molecule has 0 spiro atoms. The second kappa shape index (κ2) is 6.64. The quantitative estimate of drug-likeness (QED) is 0.317. The average Bonchev–Trinajstić information content (AvgIpc) is 3.37. The first-order valence-electron chi connectivity index (χ1n) is 7.84. The van der Waals surface area contributed by atoms with Gasteiger partial charge in [0.05, 0.1) is 22.9 Å². The van der Waals surface area contributed by atoms with E-state index in [2.05, 4.69) is 15.5 Å². The van der Waals surface area contributed by atoms with Crippen molar-refractivity contribution in [3.05, 3.63) is 76.4 Å². The predicted octanol–water partition coefficient (Wildman–Crippen LogP) is 3.69. The van der Waals surface area contributed by atoms with Gasteiger partial charge in [-0.1, -0.05) is 0 Å². The average molecular weight is 364 g/mol. The van der Waals surface area contributed by atoms with Gasteiger partial charge in [0.2, 0.25) is 0 Å². The molecule has 134 valence electrons. The van der Waals surface area contributed by atoms with E-state index in [4.69, 9.17) is 8.83 Å². The molecule has 0 fully saturated rings. The Kier molecular flexibility index (Phi) is 4.01. The summed E-state index contributed by atoms with van der Waals surface area (Å²) in [6.45, 7) is 0. The maximum absolute atomic E-state index is 12.0. The lowest BCUT2D eigenvalue weighted by molar-refractivity contribution is -0.384. The van der Waals surface area contributed by atoms with Crippen LogP contribution in [0.4, 0.5) is 5.69 Å². The first-order chi connectivity index (χ1) is 13.1. The summed E-state index contributed by atoms with van der Waals surface area (Å²) in [6.07, 6.45) is 2.89. The first-order valence-corrected chi connectivity index (χ1v) is 7.84. The lowest BCUT2D eigenvalue weighted by Gasteiger charge is -1.97. The van der Waals surface area contributed by atoms with Crippen LogP contribution in [-0.4, -0.2) is 22.0 Å². The van der Waals surface area contributed by atoms with Gasteiger partial charge in [-0.15, -0.1) is 0 Å². The number of rotatable bonds is 5. The zero-order chi connectivity index (χ0) is 18.8. The van der Waals surface area contributed by atoms with Gasteiger partial charge in [-0.2, -0.15) is 5.10 Å². The van der Waals surface area contributed by atoms with Gasteiger partial charge >= 0.3 is 0 Å². The molecule has 0 saturated heterocycles. The fourth-order valence-corrected chi connectivity index (χ4v) is 2.51. The Labute approximate surface area is 151 Å². The molecule has 9 nitrogen and oxygen atoms in total. The van der Waals surface area contributed by atoms with Crippen LogP contribution < -0.4 is 5.43 Å². The molecule has 4 rings (SSSR count). The van der Waals surface area contributed by atoms with Crippen LogP contribution in [-0.2, 0) is 0 Å². The summed E-state index contributed by atoms with van der Waals surface area (Å²) in [5, 5.41) is 14.5. The summed E-state index contributed by atoms with van der Waals surface area (Å²) in [5.41, 5.74) is 4.73. The van der Waals surface area contributed by atoms with Gasteiger partial charge in [0.1, 0.15) is 17.2 Å².